The van der Waals surface area contributed by atoms with E-state index in [2.05, 4.69) is 6.58 Å². The number of ether oxygens (including phenoxy) is 2. The van der Waals surface area contributed by atoms with E-state index in [1.807, 2.05) is 6.07 Å². The summed E-state index contributed by atoms with van der Waals surface area (Å²) in [5, 5.41) is 19.7. The van der Waals surface area contributed by atoms with Gasteiger partial charge in [0.1, 0.15) is 11.3 Å². The van der Waals surface area contributed by atoms with Crippen LogP contribution in [-0.4, -0.2) is 41.5 Å². The van der Waals surface area contributed by atoms with Crippen molar-refractivity contribution in [2.45, 2.75) is 63.4 Å². The first-order chi connectivity index (χ1) is 13.5. The third-order valence-corrected chi connectivity index (χ3v) is 5.09. The molecular formula is C22H30O6. The Hall–Kier alpha value is -2.34. The van der Waals surface area contributed by atoms with E-state index in [0.29, 0.717) is 18.9 Å². The van der Waals surface area contributed by atoms with Crippen LogP contribution in [0.15, 0.2) is 30.9 Å². The number of hydrogen-bond donors (Lipinski definition) is 2. The summed E-state index contributed by atoms with van der Waals surface area (Å²) in [5.74, 6) is -0.713. The molecule has 0 heterocycles. The predicted octanol–water partition coefficient (Wildman–Crippen LogP) is 3.86. The molecule has 2 rings (SSSR count). The minimum absolute atomic E-state index is 0.0753. The summed E-state index contributed by atoms with van der Waals surface area (Å²) >= 11 is 0. The number of esters is 2. The Morgan fingerprint density at radius 2 is 1.68 bits per heavy atom. The molecule has 1 aliphatic carbocycles. The van der Waals surface area contributed by atoms with Gasteiger partial charge in [-0.2, -0.15) is 0 Å². The predicted molar refractivity (Wildman–Crippen MR) is 105 cm³/mol. The molecule has 154 valence electrons. The van der Waals surface area contributed by atoms with Crippen molar-refractivity contribution >= 4 is 11.9 Å². The van der Waals surface area contributed by atoms with Crippen LogP contribution in [-0.2, 0) is 14.3 Å². The fourth-order valence-electron chi connectivity index (χ4n) is 3.41. The SMILES string of the molecule is C=CC(=O)OCCCCCCOC(=O)c1cc(C2CCC(O)CC2)ccc1O. The van der Waals surface area contributed by atoms with Crippen LogP contribution in [0.2, 0.25) is 0 Å². The highest BCUT2D eigenvalue weighted by atomic mass is 16.5. The summed E-state index contributed by atoms with van der Waals surface area (Å²) < 4.78 is 10.2. The molecule has 28 heavy (non-hydrogen) atoms. The largest absolute Gasteiger partial charge is 0.507 e. The van der Waals surface area contributed by atoms with Gasteiger partial charge in [0, 0.05) is 6.08 Å². The number of phenolic OH excluding ortho intramolecular Hbond substituents is 1. The Morgan fingerprint density at radius 1 is 1.04 bits per heavy atom. The highest BCUT2D eigenvalue weighted by Gasteiger charge is 2.23. The van der Waals surface area contributed by atoms with Crippen molar-refractivity contribution in [3.63, 3.8) is 0 Å². The van der Waals surface area contributed by atoms with E-state index in [-0.39, 0.29) is 24.0 Å². The van der Waals surface area contributed by atoms with E-state index < -0.39 is 11.9 Å². The van der Waals surface area contributed by atoms with Crippen molar-refractivity contribution in [1.29, 1.82) is 0 Å². The van der Waals surface area contributed by atoms with E-state index in [0.717, 1.165) is 56.6 Å². The van der Waals surface area contributed by atoms with E-state index in [9.17, 15) is 19.8 Å². The van der Waals surface area contributed by atoms with Crippen LogP contribution in [0.1, 0.15) is 73.2 Å². The average Bonchev–Trinajstić information content (AvgIpc) is 2.70. The van der Waals surface area contributed by atoms with Crippen LogP contribution >= 0.6 is 0 Å². The normalized spacial score (nSPS) is 19.0. The van der Waals surface area contributed by atoms with E-state index in [1.165, 1.54) is 0 Å². The molecule has 1 aromatic carbocycles. The van der Waals surface area contributed by atoms with Crippen LogP contribution in [0.5, 0.6) is 5.75 Å². The van der Waals surface area contributed by atoms with Crippen molar-refractivity contribution in [1.82, 2.24) is 0 Å². The summed E-state index contributed by atoms with van der Waals surface area (Å²) in [6.07, 6.45) is 7.38. The lowest BCUT2D eigenvalue weighted by molar-refractivity contribution is -0.137. The monoisotopic (exact) mass is 390 g/mol. The molecule has 6 heteroatoms. The number of aliphatic hydroxyl groups excluding tert-OH is 1. The van der Waals surface area contributed by atoms with Gasteiger partial charge in [0.15, 0.2) is 0 Å². The molecule has 0 atom stereocenters. The van der Waals surface area contributed by atoms with Crippen molar-refractivity contribution < 1.29 is 29.3 Å². The Labute approximate surface area is 166 Å². The zero-order valence-corrected chi connectivity index (χ0v) is 16.3. The van der Waals surface area contributed by atoms with Gasteiger partial charge < -0.3 is 19.7 Å². The molecule has 1 aliphatic rings. The zero-order chi connectivity index (χ0) is 20.4. The summed E-state index contributed by atoms with van der Waals surface area (Å²) in [7, 11) is 0. The Kier molecular flexibility index (Phi) is 9.01. The lowest BCUT2D eigenvalue weighted by atomic mass is 9.82. The first kappa shape index (κ1) is 22.0. The number of unbranched alkanes of at least 4 members (excludes halogenated alkanes) is 3. The van der Waals surface area contributed by atoms with Gasteiger partial charge in [-0.25, -0.2) is 9.59 Å². The number of aromatic hydroxyl groups is 1. The molecule has 0 bridgehead atoms. The number of phenols is 1. The number of hydrogen-bond acceptors (Lipinski definition) is 6. The van der Waals surface area contributed by atoms with Gasteiger partial charge in [0.25, 0.3) is 0 Å². The third kappa shape index (κ3) is 7.00. The first-order valence-electron chi connectivity index (χ1n) is 9.98. The smallest absolute Gasteiger partial charge is 0.341 e. The maximum absolute atomic E-state index is 12.3. The highest BCUT2D eigenvalue weighted by Crippen LogP contribution is 2.34. The molecule has 1 fully saturated rings. The fraction of sp³-hybridized carbons (Fsp3) is 0.545. The van der Waals surface area contributed by atoms with E-state index in [1.54, 1.807) is 12.1 Å². The molecule has 0 aliphatic heterocycles. The van der Waals surface area contributed by atoms with E-state index >= 15 is 0 Å². The van der Waals surface area contributed by atoms with Crippen LogP contribution in [0.3, 0.4) is 0 Å². The molecule has 6 nitrogen and oxygen atoms in total. The van der Waals surface area contributed by atoms with Crippen molar-refractivity contribution in [3.05, 3.63) is 42.0 Å². The second-order valence-corrected chi connectivity index (χ2v) is 7.20. The minimum Gasteiger partial charge on any atom is -0.507 e. The molecule has 1 aromatic rings. The fourth-order valence-corrected chi connectivity index (χ4v) is 3.41. The number of carbonyl (C=O) groups excluding carboxylic acids is 2. The molecular weight excluding hydrogens is 360 g/mol. The standard InChI is InChI=1S/C22H30O6/c1-2-21(25)27-13-5-3-4-6-14-28-22(26)19-15-17(9-12-20(19)24)16-7-10-18(23)11-8-16/h2,9,12,15-16,18,23-24H,1,3-8,10-11,13-14H2. The van der Waals surface area contributed by atoms with Gasteiger partial charge in [-0.1, -0.05) is 12.6 Å². The summed E-state index contributed by atoms with van der Waals surface area (Å²) in [6.45, 7) is 3.98. The summed E-state index contributed by atoms with van der Waals surface area (Å²) in [6, 6.07) is 5.10. The van der Waals surface area contributed by atoms with Gasteiger partial charge in [-0.05, 0) is 75.0 Å². The van der Waals surface area contributed by atoms with Crippen molar-refractivity contribution in [2.24, 2.45) is 0 Å². The number of benzene rings is 1. The molecule has 0 radical (unpaired) electrons. The lowest BCUT2D eigenvalue weighted by Crippen LogP contribution is -2.17. The third-order valence-electron chi connectivity index (χ3n) is 5.09. The molecule has 0 saturated heterocycles. The highest BCUT2D eigenvalue weighted by molar-refractivity contribution is 5.92. The molecule has 0 amide bonds. The van der Waals surface area contributed by atoms with Gasteiger partial charge in [0.05, 0.1) is 19.3 Å². The van der Waals surface area contributed by atoms with Crippen LogP contribution in [0.25, 0.3) is 0 Å². The number of aliphatic hydroxyl groups is 1. The van der Waals surface area contributed by atoms with Crippen molar-refractivity contribution in [3.8, 4) is 5.75 Å². The van der Waals surface area contributed by atoms with Gasteiger partial charge in [-0.15, -0.1) is 0 Å². The lowest BCUT2D eigenvalue weighted by Gasteiger charge is -2.26. The van der Waals surface area contributed by atoms with Crippen LogP contribution in [0, 0.1) is 0 Å². The Balaban J connectivity index is 1.72. The van der Waals surface area contributed by atoms with Crippen LogP contribution in [0.4, 0.5) is 0 Å². The number of rotatable bonds is 10. The summed E-state index contributed by atoms with van der Waals surface area (Å²) in [4.78, 5) is 23.2. The maximum atomic E-state index is 12.3. The topological polar surface area (TPSA) is 93.1 Å². The van der Waals surface area contributed by atoms with E-state index in [4.69, 9.17) is 9.47 Å². The average molecular weight is 390 g/mol. The molecule has 2 N–H and O–H groups in total. The second-order valence-electron chi connectivity index (χ2n) is 7.20. The Morgan fingerprint density at radius 3 is 2.32 bits per heavy atom. The quantitative estimate of drug-likeness (QED) is 0.358. The van der Waals surface area contributed by atoms with Crippen molar-refractivity contribution in [2.75, 3.05) is 13.2 Å². The molecule has 0 aromatic heterocycles. The van der Waals surface area contributed by atoms with Gasteiger partial charge in [-0.3, -0.25) is 0 Å². The Bertz CT molecular complexity index is 661. The van der Waals surface area contributed by atoms with Gasteiger partial charge >= 0.3 is 11.9 Å². The number of carbonyl (C=O) groups is 2. The summed E-state index contributed by atoms with van der Waals surface area (Å²) in [5.41, 5.74) is 1.20. The van der Waals surface area contributed by atoms with Crippen LogP contribution < -0.4 is 0 Å². The first-order valence-corrected chi connectivity index (χ1v) is 9.98. The second kappa shape index (κ2) is 11.5. The zero-order valence-electron chi connectivity index (χ0n) is 16.3. The van der Waals surface area contributed by atoms with Gasteiger partial charge in [0.2, 0.25) is 0 Å². The maximum Gasteiger partial charge on any atom is 0.341 e. The molecule has 0 unspecified atom stereocenters. The minimum atomic E-state index is -0.518. The molecule has 0 spiro atoms. The molecule has 1 saturated carbocycles.